The molecule has 0 aliphatic rings. The average molecular weight is 293 g/mol. The van der Waals surface area contributed by atoms with Crippen molar-refractivity contribution >= 4 is 23.2 Å². The molecule has 19 heavy (non-hydrogen) atoms. The fourth-order valence-corrected chi connectivity index (χ4v) is 2.72. The third-order valence-corrected chi connectivity index (χ3v) is 3.94. The highest BCUT2D eigenvalue weighted by molar-refractivity contribution is 6.30. The molecular formula is C17H18Cl2. The average Bonchev–Trinajstić information content (AvgIpc) is 2.38. The first-order chi connectivity index (χ1) is 9.15. The molecule has 2 rings (SSSR count). The van der Waals surface area contributed by atoms with Crippen LogP contribution in [-0.4, -0.2) is 5.38 Å². The van der Waals surface area contributed by atoms with E-state index in [2.05, 4.69) is 37.3 Å². The van der Waals surface area contributed by atoms with Gasteiger partial charge in [-0.3, -0.25) is 0 Å². The van der Waals surface area contributed by atoms with Crippen molar-refractivity contribution in [1.82, 2.24) is 0 Å². The lowest BCUT2D eigenvalue weighted by Gasteiger charge is -2.11. The van der Waals surface area contributed by atoms with Crippen molar-refractivity contribution in [1.29, 1.82) is 0 Å². The maximum absolute atomic E-state index is 6.43. The fraction of sp³-hybridized carbons (Fsp3) is 0.294. The molecule has 100 valence electrons. The van der Waals surface area contributed by atoms with Gasteiger partial charge in [0.25, 0.3) is 0 Å². The molecule has 0 nitrogen and oxygen atoms in total. The molecule has 0 bridgehead atoms. The Morgan fingerprint density at radius 2 is 1.84 bits per heavy atom. The molecule has 0 fully saturated rings. The van der Waals surface area contributed by atoms with E-state index >= 15 is 0 Å². The van der Waals surface area contributed by atoms with Gasteiger partial charge in [0.15, 0.2) is 0 Å². The Kier molecular flexibility index (Phi) is 5.30. The van der Waals surface area contributed by atoms with Gasteiger partial charge in [0.2, 0.25) is 0 Å². The zero-order chi connectivity index (χ0) is 13.7. The molecule has 0 aliphatic carbocycles. The predicted molar refractivity (Wildman–Crippen MR) is 84.3 cm³/mol. The van der Waals surface area contributed by atoms with Gasteiger partial charge in [0.1, 0.15) is 0 Å². The normalized spacial score (nSPS) is 12.4. The van der Waals surface area contributed by atoms with Crippen LogP contribution in [0.3, 0.4) is 0 Å². The Morgan fingerprint density at radius 1 is 1.05 bits per heavy atom. The smallest absolute Gasteiger partial charge is 0.0408 e. The summed E-state index contributed by atoms with van der Waals surface area (Å²) in [5.74, 6) is 0. The minimum Gasteiger partial charge on any atom is -0.123 e. The maximum atomic E-state index is 6.43. The minimum atomic E-state index is 0.151. The molecule has 2 aromatic rings. The van der Waals surface area contributed by atoms with E-state index in [4.69, 9.17) is 23.2 Å². The SMILES string of the molecule is Cc1ccccc1CCC(Cl)Cc1cccc(Cl)c1. The van der Waals surface area contributed by atoms with Crippen LogP contribution >= 0.6 is 23.2 Å². The lowest BCUT2D eigenvalue weighted by atomic mass is 10.0. The third kappa shape index (κ3) is 4.56. The predicted octanol–water partition coefficient (Wildman–Crippen LogP) is 5.43. The fourth-order valence-electron chi connectivity index (χ4n) is 2.22. The van der Waals surface area contributed by atoms with Gasteiger partial charge in [-0.2, -0.15) is 0 Å². The second-order valence-corrected chi connectivity index (χ2v) is 5.95. The second-order valence-electron chi connectivity index (χ2n) is 4.90. The number of benzene rings is 2. The van der Waals surface area contributed by atoms with E-state index in [1.54, 1.807) is 0 Å². The molecule has 0 N–H and O–H groups in total. The Morgan fingerprint density at radius 3 is 2.58 bits per heavy atom. The van der Waals surface area contributed by atoms with Gasteiger partial charge in [-0.15, -0.1) is 11.6 Å². The maximum Gasteiger partial charge on any atom is 0.0408 e. The summed E-state index contributed by atoms with van der Waals surface area (Å²) in [6, 6.07) is 16.4. The first-order valence-electron chi connectivity index (χ1n) is 6.58. The highest BCUT2D eigenvalue weighted by atomic mass is 35.5. The van der Waals surface area contributed by atoms with Crippen molar-refractivity contribution in [3.05, 3.63) is 70.2 Å². The summed E-state index contributed by atoms with van der Waals surface area (Å²) >= 11 is 12.4. The Labute approximate surface area is 125 Å². The third-order valence-electron chi connectivity index (χ3n) is 3.33. The van der Waals surface area contributed by atoms with E-state index in [1.807, 2.05) is 18.2 Å². The van der Waals surface area contributed by atoms with Crippen LogP contribution in [0.15, 0.2) is 48.5 Å². The van der Waals surface area contributed by atoms with Gasteiger partial charge >= 0.3 is 0 Å². The summed E-state index contributed by atoms with van der Waals surface area (Å²) in [5.41, 5.74) is 3.94. The largest absolute Gasteiger partial charge is 0.123 e. The van der Waals surface area contributed by atoms with E-state index in [0.717, 1.165) is 24.3 Å². The molecule has 2 aromatic carbocycles. The standard InChI is InChI=1S/C17H18Cl2/c1-13-5-2-3-7-15(13)9-10-17(19)12-14-6-4-8-16(18)11-14/h2-8,11,17H,9-10,12H2,1H3. The topological polar surface area (TPSA) is 0 Å². The van der Waals surface area contributed by atoms with Crippen molar-refractivity contribution in [2.75, 3.05) is 0 Å². The van der Waals surface area contributed by atoms with Crippen LogP contribution in [-0.2, 0) is 12.8 Å². The number of alkyl halides is 1. The van der Waals surface area contributed by atoms with Gasteiger partial charge in [-0.25, -0.2) is 0 Å². The molecule has 0 aliphatic heterocycles. The molecule has 0 saturated heterocycles. The first-order valence-corrected chi connectivity index (χ1v) is 7.39. The Balaban J connectivity index is 1.88. The van der Waals surface area contributed by atoms with Crippen LogP contribution in [0.4, 0.5) is 0 Å². The van der Waals surface area contributed by atoms with Gasteiger partial charge in [-0.1, -0.05) is 48.0 Å². The Hall–Kier alpha value is -0.980. The zero-order valence-corrected chi connectivity index (χ0v) is 12.6. The van der Waals surface area contributed by atoms with Crippen molar-refractivity contribution in [3.8, 4) is 0 Å². The number of hydrogen-bond donors (Lipinski definition) is 0. The first kappa shape index (κ1) is 14.4. The van der Waals surface area contributed by atoms with Crippen molar-refractivity contribution in [3.63, 3.8) is 0 Å². The van der Waals surface area contributed by atoms with E-state index in [0.29, 0.717) is 0 Å². The van der Waals surface area contributed by atoms with Crippen LogP contribution in [0.1, 0.15) is 23.1 Å². The number of hydrogen-bond acceptors (Lipinski definition) is 0. The number of aryl methyl sites for hydroxylation is 2. The van der Waals surface area contributed by atoms with Gasteiger partial charge in [-0.05, 0) is 55.0 Å². The van der Waals surface area contributed by atoms with Crippen molar-refractivity contribution in [2.24, 2.45) is 0 Å². The van der Waals surface area contributed by atoms with Gasteiger partial charge in [0.05, 0.1) is 0 Å². The molecule has 0 radical (unpaired) electrons. The molecule has 0 saturated carbocycles. The van der Waals surface area contributed by atoms with Gasteiger partial charge in [0, 0.05) is 10.4 Å². The van der Waals surface area contributed by atoms with Crippen LogP contribution in [0.2, 0.25) is 5.02 Å². The number of halogens is 2. The lowest BCUT2D eigenvalue weighted by molar-refractivity contribution is 0.741. The molecule has 2 heteroatoms. The zero-order valence-electron chi connectivity index (χ0n) is 11.1. The van der Waals surface area contributed by atoms with Crippen LogP contribution in [0.25, 0.3) is 0 Å². The molecule has 0 spiro atoms. The Bertz CT molecular complexity index is 534. The summed E-state index contributed by atoms with van der Waals surface area (Å²) in [5, 5.41) is 0.929. The minimum absolute atomic E-state index is 0.151. The highest BCUT2D eigenvalue weighted by Gasteiger charge is 2.07. The summed E-state index contributed by atoms with van der Waals surface area (Å²) < 4.78 is 0. The molecular weight excluding hydrogens is 275 g/mol. The van der Waals surface area contributed by atoms with Crippen LogP contribution in [0.5, 0.6) is 0 Å². The summed E-state index contributed by atoms with van der Waals surface area (Å²) in [6.07, 6.45) is 2.88. The summed E-state index contributed by atoms with van der Waals surface area (Å²) in [6.45, 7) is 2.15. The molecule has 0 amide bonds. The van der Waals surface area contributed by atoms with E-state index in [9.17, 15) is 0 Å². The van der Waals surface area contributed by atoms with E-state index in [1.165, 1.54) is 16.7 Å². The van der Waals surface area contributed by atoms with Crippen LogP contribution in [0, 0.1) is 6.92 Å². The summed E-state index contributed by atoms with van der Waals surface area (Å²) in [7, 11) is 0. The van der Waals surface area contributed by atoms with E-state index < -0.39 is 0 Å². The molecule has 1 atom stereocenters. The van der Waals surface area contributed by atoms with Crippen molar-refractivity contribution < 1.29 is 0 Å². The molecule has 0 heterocycles. The monoisotopic (exact) mass is 292 g/mol. The highest BCUT2D eigenvalue weighted by Crippen LogP contribution is 2.18. The second kappa shape index (κ2) is 6.98. The van der Waals surface area contributed by atoms with Crippen molar-refractivity contribution in [2.45, 2.75) is 31.6 Å². The van der Waals surface area contributed by atoms with Gasteiger partial charge < -0.3 is 0 Å². The number of rotatable bonds is 5. The quantitative estimate of drug-likeness (QED) is 0.645. The molecule has 1 unspecified atom stereocenters. The van der Waals surface area contributed by atoms with E-state index in [-0.39, 0.29) is 5.38 Å². The summed E-state index contributed by atoms with van der Waals surface area (Å²) in [4.78, 5) is 0. The van der Waals surface area contributed by atoms with Crippen LogP contribution < -0.4 is 0 Å². The molecule has 0 aromatic heterocycles. The lowest BCUT2D eigenvalue weighted by Crippen LogP contribution is -2.05.